The molecule has 0 aliphatic carbocycles. The Balaban J connectivity index is 2.13. The molecule has 1 aromatic carbocycles. The molecule has 0 saturated carbocycles. The van der Waals surface area contributed by atoms with Gasteiger partial charge in [-0.2, -0.15) is 0 Å². The largest absolute Gasteiger partial charge is 0.335 e. The fraction of sp³-hybridized carbons (Fsp3) is 0.385. The molecule has 0 radical (unpaired) electrons. The van der Waals surface area contributed by atoms with Crippen LogP contribution in [-0.2, 0) is 9.59 Å². The number of ketones is 1. The van der Waals surface area contributed by atoms with Crippen LogP contribution >= 0.6 is 0 Å². The zero-order valence-corrected chi connectivity index (χ0v) is 9.35. The van der Waals surface area contributed by atoms with Crippen LogP contribution in [0.5, 0.6) is 0 Å². The minimum atomic E-state index is -0.0485. The molecule has 1 unspecified atom stereocenters. The average Bonchev–Trinajstić information content (AvgIpc) is 2.29. The first-order chi connectivity index (χ1) is 7.68. The van der Waals surface area contributed by atoms with Crippen LogP contribution in [0, 0.1) is 0 Å². The summed E-state index contributed by atoms with van der Waals surface area (Å²) in [4.78, 5) is 24.6. The van der Waals surface area contributed by atoms with Crippen molar-refractivity contribution in [2.45, 2.75) is 25.8 Å². The van der Waals surface area contributed by atoms with E-state index in [1.165, 1.54) is 0 Å². The van der Waals surface area contributed by atoms with E-state index in [9.17, 15) is 9.59 Å². The van der Waals surface area contributed by atoms with Gasteiger partial charge in [0, 0.05) is 13.0 Å². The Hall–Kier alpha value is -1.64. The molecule has 3 heteroatoms. The number of Topliss-reactive ketones (excluding diaryl/α,β-unsaturated/α-hetero) is 1. The van der Waals surface area contributed by atoms with Crippen LogP contribution in [0.25, 0.3) is 0 Å². The normalized spacial score (nSPS) is 18.7. The first kappa shape index (κ1) is 10.9. The Morgan fingerprint density at radius 2 is 1.88 bits per heavy atom. The monoisotopic (exact) mass is 217 g/mol. The third kappa shape index (κ3) is 2.13. The van der Waals surface area contributed by atoms with Crippen LogP contribution in [0.4, 0.5) is 0 Å². The Labute approximate surface area is 95.1 Å². The van der Waals surface area contributed by atoms with Gasteiger partial charge in [-0.1, -0.05) is 30.3 Å². The maximum Gasteiger partial charge on any atom is 0.230 e. The Morgan fingerprint density at radius 1 is 1.19 bits per heavy atom. The van der Waals surface area contributed by atoms with Gasteiger partial charge >= 0.3 is 0 Å². The van der Waals surface area contributed by atoms with E-state index >= 15 is 0 Å². The molecule has 16 heavy (non-hydrogen) atoms. The fourth-order valence-corrected chi connectivity index (χ4v) is 2.05. The van der Waals surface area contributed by atoms with Crippen LogP contribution < -0.4 is 0 Å². The van der Waals surface area contributed by atoms with Gasteiger partial charge in [0.1, 0.15) is 5.78 Å². The lowest BCUT2D eigenvalue weighted by molar-refractivity contribution is -0.141. The van der Waals surface area contributed by atoms with E-state index in [4.69, 9.17) is 0 Å². The lowest BCUT2D eigenvalue weighted by atomic mass is 10.0. The van der Waals surface area contributed by atoms with Gasteiger partial charge in [0.05, 0.1) is 12.5 Å². The predicted molar refractivity (Wildman–Crippen MR) is 60.8 cm³/mol. The summed E-state index contributed by atoms with van der Waals surface area (Å²) < 4.78 is 0. The summed E-state index contributed by atoms with van der Waals surface area (Å²) in [7, 11) is 0. The highest BCUT2D eigenvalue weighted by atomic mass is 16.2. The van der Waals surface area contributed by atoms with Gasteiger partial charge in [-0.15, -0.1) is 0 Å². The highest BCUT2D eigenvalue weighted by Gasteiger charge is 2.27. The number of hydrogen-bond donors (Lipinski definition) is 0. The first-order valence-electron chi connectivity index (χ1n) is 5.54. The van der Waals surface area contributed by atoms with Crippen molar-refractivity contribution >= 4 is 11.7 Å². The Kier molecular flexibility index (Phi) is 3.04. The summed E-state index contributed by atoms with van der Waals surface area (Å²) in [5, 5.41) is 0. The molecule has 1 atom stereocenters. The molecule has 1 amide bonds. The van der Waals surface area contributed by atoms with Gasteiger partial charge in [0.15, 0.2) is 0 Å². The summed E-state index contributed by atoms with van der Waals surface area (Å²) >= 11 is 0. The Bertz CT molecular complexity index is 400. The van der Waals surface area contributed by atoms with Crippen molar-refractivity contribution in [3.63, 3.8) is 0 Å². The van der Waals surface area contributed by atoms with E-state index in [1.54, 1.807) is 4.90 Å². The third-order valence-corrected chi connectivity index (χ3v) is 3.05. The fourth-order valence-electron chi connectivity index (χ4n) is 2.05. The van der Waals surface area contributed by atoms with Crippen molar-refractivity contribution in [2.75, 3.05) is 6.54 Å². The van der Waals surface area contributed by atoms with Crippen molar-refractivity contribution < 1.29 is 9.59 Å². The van der Waals surface area contributed by atoms with Crippen molar-refractivity contribution in [1.82, 2.24) is 4.90 Å². The lowest BCUT2D eigenvalue weighted by Gasteiger charge is -2.32. The molecule has 3 nitrogen and oxygen atoms in total. The summed E-state index contributed by atoms with van der Waals surface area (Å²) in [5.41, 5.74) is 1.12. The highest BCUT2D eigenvalue weighted by molar-refractivity contribution is 6.00. The van der Waals surface area contributed by atoms with Crippen LogP contribution in [0.15, 0.2) is 30.3 Å². The second-order valence-electron chi connectivity index (χ2n) is 4.14. The number of benzene rings is 1. The standard InChI is InChI=1S/C13H15NO2/c1-10(11-5-3-2-4-6-11)14-8-7-12(15)9-13(14)16/h2-6,10H,7-9H2,1H3. The van der Waals surface area contributed by atoms with Crippen molar-refractivity contribution in [1.29, 1.82) is 0 Å². The van der Waals surface area contributed by atoms with Crippen molar-refractivity contribution in [3.05, 3.63) is 35.9 Å². The number of hydrogen-bond acceptors (Lipinski definition) is 2. The minimum Gasteiger partial charge on any atom is -0.335 e. The summed E-state index contributed by atoms with van der Waals surface area (Å²) in [6, 6.07) is 9.96. The molecule has 2 rings (SSSR count). The maximum absolute atomic E-state index is 11.7. The molecule has 1 aromatic rings. The van der Waals surface area contributed by atoms with E-state index in [-0.39, 0.29) is 24.2 Å². The molecule has 1 heterocycles. The number of carbonyl (C=O) groups excluding carboxylic acids is 2. The van der Waals surface area contributed by atoms with Crippen molar-refractivity contribution in [3.8, 4) is 0 Å². The van der Waals surface area contributed by atoms with Crippen LogP contribution in [0.1, 0.15) is 31.4 Å². The molecule has 1 aliphatic rings. The lowest BCUT2D eigenvalue weighted by Crippen LogP contribution is -2.40. The second-order valence-corrected chi connectivity index (χ2v) is 4.14. The van der Waals surface area contributed by atoms with Gasteiger partial charge in [0.25, 0.3) is 0 Å². The predicted octanol–water partition coefficient (Wildman–Crippen LogP) is 1.94. The van der Waals surface area contributed by atoms with E-state index in [2.05, 4.69) is 0 Å². The number of likely N-dealkylation sites (tertiary alicyclic amines) is 1. The maximum atomic E-state index is 11.7. The zero-order chi connectivity index (χ0) is 11.5. The number of amides is 1. The van der Waals surface area contributed by atoms with Gasteiger partial charge < -0.3 is 4.90 Å². The van der Waals surface area contributed by atoms with Crippen LogP contribution in [-0.4, -0.2) is 23.1 Å². The van der Waals surface area contributed by atoms with E-state index in [0.717, 1.165) is 5.56 Å². The molecule has 0 N–H and O–H groups in total. The molecule has 0 spiro atoms. The molecule has 1 aliphatic heterocycles. The van der Waals surface area contributed by atoms with Gasteiger partial charge in [0.2, 0.25) is 5.91 Å². The third-order valence-electron chi connectivity index (χ3n) is 3.05. The minimum absolute atomic E-state index is 0.0485. The van der Waals surface area contributed by atoms with E-state index in [0.29, 0.717) is 13.0 Å². The quantitative estimate of drug-likeness (QED) is 0.710. The topological polar surface area (TPSA) is 37.4 Å². The zero-order valence-electron chi connectivity index (χ0n) is 9.35. The first-order valence-corrected chi connectivity index (χ1v) is 5.54. The van der Waals surface area contributed by atoms with E-state index < -0.39 is 0 Å². The van der Waals surface area contributed by atoms with Gasteiger partial charge in [-0.05, 0) is 12.5 Å². The average molecular weight is 217 g/mol. The van der Waals surface area contributed by atoms with Gasteiger partial charge in [-0.25, -0.2) is 0 Å². The summed E-state index contributed by atoms with van der Waals surface area (Å²) in [6.07, 6.45) is 0.556. The van der Waals surface area contributed by atoms with E-state index in [1.807, 2.05) is 37.3 Å². The molecule has 1 fully saturated rings. The Morgan fingerprint density at radius 3 is 2.50 bits per heavy atom. The number of carbonyl (C=O) groups is 2. The van der Waals surface area contributed by atoms with Crippen molar-refractivity contribution in [2.24, 2.45) is 0 Å². The molecule has 0 aromatic heterocycles. The van der Waals surface area contributed by atoms with Gasteiger partial charge in [-0.3, -0.25) is 9.59 Å². The molecular weight excluding hydrogens is 202 g/mol. The number of piperidine rings is 1. The smallest absolute Gasteiger partial charge is 0.230 e. The SMILES string of the molecule is CC(c1ccccc1)N1CCC(=O)CC1=O. The molecule has 84 valence electrons. The molecule has 1 saturated heterocycles. The molecule has 0 bridgehead atoms. The molecular formula is C13H15NO2. The van der Waals surface area contributed by atoms with Crippen LogP contribution in [0.2, 0.25) is 0 Å². The van der Waals surface area contributed by atoms with Crippen LogP contribution in [0.3, 0.4) is 0 Å². The highest BCUT2D eigenvalue weighted by Crippen LogP contribution is 2.23. The number of rotatable bonds is 2. The number of nitrogens with zero attached hydrogens (tertiary/aromatic N) is 1. The second kappa shape index (κ2) is 4.47. The summed E-state index contributed by atoms with van der Waals surface area (Å²) in [6.45, 7) is 2.55. The summed E-state index contributed by atoms with van der Waals surface area (Å²) in [5.74, 6) is 0.00844.